The number of rotatable bonds is 2. The highest BCUT2D eigenvalue weighted by Crippen LogP contribution is 2.34. The van der Waals surface area contributed by atoms with E-state index in [1.807, 2.05) is 13.8 Å². The van der Waals surface area contributed by atoms with Crippen molar-refractivity contribution in [1.82, 2.24) is 4.90 Å². The third-order valence-electron chi connectivity index (χ3n) is 2.97. The van der Waals surface area contributed by atoms with Crippen LogP contribution in [0.3, 0.4) is 0 Å². The first kappa shape index (κ1) is 13.7. The summed E-state index contributed by atoms with van der Waals surface area (Å²) in [5, 5.41) is 1.33. The Balaban J connectivity index is 2.18. The third kappa shape index (κ3) is 2.79. The van der Waals surface area contributed by atoms with E-state index in [2.05, 4.69) is 0 Å². The summed E-state index contributed by atoms with van der Waals surface area (Å²) in [7, 11) is 0. The van der Waals surface area contributed by atoms with Gasteiger partial charge in [0.25, 0.3) is 0 Å². The maximum atomic E-state index is 12.1. The minimum atomic E-state index is -0.501. The summed E-state index contributed by atoms with van der Waals surface area (Å²) < 4.78 is 0. The van der Waals surface area contributed by atoms with Crippen LogP contribution in [0.25, 0.3) is 0 Å². The Hall–Kier alpha value is -0.770. The molecule has 1 amide bonds. The molecule has 0 radical (unpaired) electrons. The molecule has 1 heterocycles. The molecule has 98 valence electrons. The molecule has 0 saturated carbocycles. The van der Waals surface area contributed by atoms with E-state index in [1.54, 1.807) is 17.0 Å². The molecule has 0 aromatic heterocycles. The molecule has 1 aliphatic heterocycles. The predicted octanol–water partition coefficient (Wildman–Crippen LogP) is 2.96. The molecule has 1 aliphatic rings. The van der Waals surface area contributed by atoms with Crippen LogP contribution in [-0.2, 0) is 17.9 Å². The molecule has 0 unspecified atom stereocenters. The zero-order valence-corrected chi connectivity index (χ0v) is 12.0. The normalized spacial score (nSPS) is 14.8. The lowest BCUT2D eigenvalue weighted by molar-refractivity contribution is -0.132. The van der Waals surface area contributed by atoms with Gasteiger partial charge in [-0.25, -0.2) is 0 Å². The van der Waals surface area contributed by atoms with E-state index in [-0.39, 0.29) is 5.91 Å². The van der Waals surface area contributed by atoms with Crippen LogP contribution < -0.4 is 5.73 Å². The number of nitrogens with two attached hydrogens (primary N) is 1. The highest BCUT2D eigenvalue weighted by molar-refractivity contribution is 6.34. The lowest BCUT2D eigenvalue weighted by Gasteiger charge is -2.22. The first-order valence-corrected chi connectivity index (χ1v) is 6.56. The number of carbonyl (C=O) groups excluding carboxylic acids is 1. The van der Waals surface area contributed by atoms with Crippen LogP contribution in [0.4, 0.5) is 0 Å². The molecule has 5 heteroatoms. The van der Waals surface area contributed by atoms with Gasteiger partial charge in [-0.1, -0.05) is 23.2 Å². The average molecular weight is 287 g/mol. The molecular formula is C13H16Cl2N2O. The number of nitrogens with zero attached hydrogens (tertiary/aromatic N) is 1. The van der Waals surface area contributed by atoms with Gasteiger partial charge < -0.3 is 10.6 Å². The molecule has 2 N–H and O–H groups in total. The molecule has 2 rings (SSSR count). The first-order valence-electron chi connectivity index (χ1n) is 5.80. The summed E-state index contributed by atoms with van der Waals surface area (Å²) in [4.78, 5) is 13.9. The topological polar surface area (TPSA) is 46.3 Å². The number of hydrogen-bond acceptors (Lipinski definition) is 2. The van der Waals surface area contributed by atoms with Gasteiger partial charge in [0.15, 0.2) is 0 Å². The zero-order valence-electron chi connectivity index (χ0n) is 10.5. The number of halogens is 2. The quantitative estimate of drug-likeness (QED) is 0.909. The Morgan fingerprint density at radius 3 is 2.11 bits per heavy atom. The highest BCUT2D eigenvalue weighted by atomic mass is 35.5. The summed E-state index contributed by atoms with van der Waals surface area (Å²) in [6, 6.07) is 3.53. The van der Waals surface area contributed by atoms with Crippen molar-refractivity contribution in [2.24, 2.45) is 5.73 Å². The van der Waals surface area contributed by atoms with Crippen LogP contribution in [0, 0.1) is 0 Å². The van der Waals surface area contributed by atoms with E-state index in [9.17, 15) is 4.79 Å². The van der Waals surface area contributed by atoms with Gasteiger partial charge in [-0.2, -0.15) is 0 Å². The van der Waals surface area contributed by atoms with Crippen molar-refractivity contribution in [3.63, 3.8) is 0 Å². The monoisotopic (exact) mass is 286 g/mol. The van der Waals surface area contributed by atoms with Gasteiger partial charge in [0, 0.05) is 35.1 Å². The number of fused-ring (bicyclic) bond motifs is 1. The van der Waals surface area contributed by atoms with Gasteiger partial charge in [-0.05, 0) is 37.1 Å². The van der Waals surface area contributed by atoms with Crippen molar-refractivity contribution in [2.75, 3.05) is 0 Å². The molecular weight excluding hydrogens is 271 g/mol. The second-order valence-electron chi connectivity index (χ2n) is 5.40. The molecule has 3 nitrogen and oxygen atoms in total. The summed E-state index contributed by atoms with van der Waals surface area (Å²) in [6.07, 6.45) is 0.316. The summed E-state index contributed by atoms with van der Waals surface area (Å²) in [5.41, 5.74) is 7.27. The molecule has 1 aromatic carbocycles. The summed E-state index contributed by atoms with van der Waals surface area (Å²) in [6.45, 7) is 4.72. The Bertz CT molecular complexity index is 463. The Labute approximate surface area is 117 Å². The first-order chi connectivity index (χ1) is 8.28. The van der Waals surface area contributed by atoms with Crippen molar-refractivity contribution in [2.45, 2.75) is 38.9 Å². The van der Waals surface area contributed by atoms with Gasteiger partial charge in [0.1, 0.15) is 0 Å². The molecule has 0 aliphatic carbocycles. The predicted molar refractivity (Wildman–Crippen MR) is 73.6 cm³/mol. The Morgan fingerprint density at radius 2 is 1.72 bits per heavy atom. The fraction of sp³-hybridized carbons (Fsp3) is 0.462. The number of hydrogen-bond donors (Lipinski definition) is 1. The molecule has 0 spiro atoms. The van der Waals surface area contributed by atoms with Crippen LogP contribution in [-0.4, -0.2) is 16.3 Å². The van der Waals surface area contributed by atoms with Gasteiger partial charge in [-0.15, -0.1) is 0 Å². The molecule has 0 atom stereocenters. The fourth-order valence-electron chi connectivity index (χ4n) is 2.09. The minimum Gasteiger partial charge on any atom is -0.334 e. The lowest BCUT2D eigenvalue weighted by atomic mass is 10.0. The van der Waals surface area contributed by atoms with Crippen LogP contribution >= 0.6 is 23.2 Å². The fourth-order valence-corrected chi connectivity index (χ4v) is 2.57. The van der Waals surface area contributed by atoms with Crippen molar-refractivity contribution < 1.29 is 4.79 Å². The van der Waals surface area contributed by atoms with Gasteiger partial charge >= 0.3 is 0 Å². The molecule has 0 bridgehead atoms. The summed E-state index contributed by atoms with van der Waals surface area (Å²) in [5.74, 6) is 0.0332. The van der Waals surface area contributed by atoms with Crippen molar-refractivity contribution >= 4 is 29.1 Å². The zero-order chi connectivity index (χ0) is 13.5. The van der Waals surface area contributed by atoms with E-state index in [4.69, 9.17) is 28.9 Å². The van der Waals surface area contributed by atoms with Crippen molar-refractivity contribution in [3.8, 4) is 0 Å². The van der Waals surface area contributed by atoms with E-state index in [1.165, 1.54) is 0 Å². The second kappa shape index (κ2) is 4.72. The minimum absolute atomic E-state index is 0.0332. The molecule has 18 heavy (non-hydrogen) atoms. The van der Waals surface area contributed by atoms with E-state index in [0.29, 0.717) is 29.6 Å². The largest absolute Gasteiger partial charge is 0.334 e. The van der Waals surface area contributed by atoms with Crippen molar-refractivity contribution in [3.05, 3.63) is 33.3 Å². The molecule has 0 saturated heterocycles. The number of amides is 1. The van der Waals surface area contributed by atoms with Crippen LogP contribution in [0.5, 0.6) is 0 Å². The maximum absolute atomic E-state index is 12.1. The highest BCUT2D eigenvalue weighted by Gasteiger charge is 2.29. The smallest absolute Gasteiger partial charge is 0.224 e. The number of benzene rings is 1. The summed E-state index contributed by atoms with van der Waals surface area (Å²) >= 11 is 12.2. The second-order valence-corrected chi connectivity index (χ2v) is 6.22. The van der Waals surface area contributed by atoms with E-state index in [0.717, 1.165) is 11.1 Å². The van der Waals surface area contributed by atoms with Gasteiger partial charge in [-0.3, -0.25) is 4.79 Å². The lowest BCUT2D eigenvalue weighted by Crippen LogP contribution is -2.39. The van der Waals surface area contributed by atoms with E-state index >= 15 is 0 Å². The van der Waals surface area contributed by atoms with Crippen LogP contribution in [0.1, 0.15) is 31.4 Å². The van der Waals surface area contributed by atoms with Crippen LogP contribution in [0.2, 0.25) is 10.0 Å². The Kier molecular flexibility index (Phi) is 3.58. The average Bonchev–Trinajstić information content (AvgIpc) is 2.67. The number of carbonyl (C=O) groups is 1. The third-order valence-corrected chi connectivity index (χ3v) is 3.68. The van der Waals surface area contributed by atoms with E-state index < -0.39 is 5.54 Å². The maximum Gasteiger partial charge on any atom is 0.224 e. The van der Waals surface area contributed by atoms with Gasteiger partial charge in [0.2, 0.25) is 5.91 Å². The van der Waals surface area contributed by atoms with Crippen molar-refractivity contribution in [1.29, 1.82) is 0 Å². The van der Waals surface area contributed by atoms with Gasteiger partial charge in [0.05, 0.1) is 0 Å². The standard InChI is InChI=1S/C13H16Cl2N2O/c1-13(2,16)5-12(18)17-6-8-9(7-17)11(15)4-3-10(8)14/h3-4H,5-7,16H2,1-2H3. The molecule has 1 aromatic rings. The van der Waals surface area contributed by atoms with Crippen LogP contribution in [0.15, 0.2) is 12.1 Å². The SMILES string of the molecule is CC(C)(N)CC(=O)N1Cc2c(Cl)ccc(Cl)c2C1. The molecule has 0 fully saturated rings. The Morgan fingerprint density at radius 1 is 1.28 bits per heavy atom.